The molecule has 1 aromatic heterocycles. The number of hydrogen-bond donors (Lipinski definition) is 0. The average molecular weight is 188 g/mol. The topological polar surface area (TPSA) is 30.2 Å². The van der Waals surface area contributed by atoms with Crippen molar-refractivity contribution in [2.45, 2.75) is 19.3 Å². The standard InChI is InChI=1S/C12H12O2/c1-2-9(8-13)11-5-3-4-10-6-7-14-12(10)11/h3-9H,2H2,1H3. The van der Waals surface area contributed by atoms with Crippen LogP contribution in [-0.4, -0.2) is 6.29 Å². The molecule has 0 saturated carbocycles. The Labute approximate surface area is 82.5 Å². The monoisotopic (exact) mass is 188 g/mol. The number of rotatable bonds is 3. The van der Waals surface area contributed by atoms with E-state index >= 15 is 0 Å². The van der Waals surface area contributed by atoms with Crippen molar-refractivity contribution in [2.24, 2.45) is 0 Å². The van der Waals surface area contributed by atoms with Gasteiger partial charge in [0, 0.05) is 16.9 Å². The van der Waals surface area contributed by atoms with Gasteiger partial charge in [-0.05, 0) is 12.5 Å². The van der Waals surface area contributed by atoms with E-state index in [1.54, 1.807) is 6.26 Å². The molecule has 2 rings (SSSR count). The minimum Gasteiger partial charge on any atom is -0.464 e. The number of benzene rings is 1. The molecule has 0 spiro atoms. The van der Waals surface area contributed by atoms with Crippen LogP contribution in [0.4, 0.5) is 0 Å². The lowest BCUT2D eigenvalue weighted by Crippen LogP contribution is -1.98. The normalized spacial score (nSPS) is 12.9. The third-order valence-corrected chi connectivity index (χ3v) is 2.51. The molecular weight excluding hydrogens is 176 g/mol. The Balaban J connectivity index is 2.60. The number of hydrogen-bond acceptors (Lipinski definition) is 2. The molecule has 0 amide bonds. The number of carbonyl (C=O) groups excluding carboxylic acids is 1. The molecule has 0 aliphatic heterocycles. The van der Waals surface area contributed by atoms with Crippen LogP contribution in [0.25, 0.3) is 11.0 Å². The Morgan fingerprint density at radius 3 is 3.00 bits per heavy atom. The van der Waals surface area contributed by atoms with Crippen LogP contribution in [-0.2, 0) is 4.79 Å². The Morgan fingerprint density at radius 1 is 1.43 bits per heavy atom. The Hall–Kier alpha value is -1.57. The van der Waals surface area contributed by atoms with Gasteiger partial charge in [-0.3, -0.25) is 0 Å². The summed E-state index contributed by atoms with van der Waals surface area (Å²) in [5, 5.41) is 1.06. The van der Waals surface area contributed by atoms with E-state index in [4.69, 9.17) is 4.42 Å². The van der Waals surface area contributed by atoms with E-state index in [0.717, 1.165) is 29.2 Å². The maximum Gasteiger partial charge on any atom is 0.137 e. The van der Waals surface area contributed by atoms with Crippen LogP contribution in [0.5, 0.6) is 0 Å². The van der Waals surface area contributed by atoms with Crippen LogP contribution >= 0.6 is 0 Å². The summed E-state index contributed by atoms with van der Waals surface area (Å²) in [7, 11) is 0. The Morgan fingerprint density at radius 2 is 2.29 bits per heavy atom. The highest BCUT2D eigenvalue weighted by atomic mass is 16.3. The summed E-state index contributed by atoms with van der Waals surface area (Å²) in [6.45, 7) is 2.00. The van der Waals surface area contributed by atoms with Crippen LogP contribution in [0, 0.1) is 0 Å². The zero-order valence-corrected chi connectivity index (χ0v) is 8.07. The van der Waals surface area contributed by atoms with Crippen LogP contribution in [0.15, 0.2) is 34.9 Å². The molecule has 14 heavy (non-hydrogen) atoms. The van der Waals surface area contributed by atoms with Gasteiger partial charge in [-0.1, -0.05) is 25.1 Å². The molecule has 0 aliphatic carbocycles. The number of carbonyl (C=O) groups is 1. The maximum atomic E-state index is 10.9. The van der Waals surface area contributed by atoms with E-state index < -0.39 is 0 Å². The lowest BCUT2D eigenvalue weighted by atomic mass is 9.97. The molecule has 2 heteroatoms. The number of aldehydes is 1. The molecule has 1 heterocycles. The first-order valence-corrected chi connectivity index (χ1v) is 4.78. The molecule has 0 saturated heterocycles. The van der Waals surface area contributed by atoms with Crippen LogP contribution in [0.2, 0.25) is 0 Å². The quantitative estimate of drug-likeness (QED) is 0.693. The van der Waals surface area contributed by atoms with Crippen molar-refractivity contribution in [1.29, 1.82) is 0 Å². The zero-order chi connectivity index (χ0) is 9.97. The molecule has 0 N–H and O–H groups in total. The van der Waals surface area contributed by atoms with Crippen molar-refractivity contribution in [3.8, 4) is 0 Å². The predicted molar refractivity (Wildman–Crippen MR) is 55.3 cm³/mol. The summed E-state index contributed by atoms with van der Waals surface area (Å²) in [5.41, 5.74) is 1.83. The van der Waals surface area contributed by atoms with Gasteiger partial charge >= 0.3 is 0 Å². The van der Waals surface area contributed by atoms with Crippen molar-refractivity contribution >= 4 is 17.3 Å². The van der Waals surface area contributed by atoms with Gasteiger partial charge in [-0.2, -0.15) is 0 Å². The summed E-state index contributed by atoms with van der Waals surface area (Å²) in [4.78, 5) is 10.9. The van der Waals surface area contributed by atoms with Crippen molar-refractivity contribution in [3.05, 3.63) is 36.1 Å². The van der Waals surface area contributed by atoms with Gasteiger partial charge in [0.2, 0.25) is 0 Å². The van der Waals surface area contributed by atoms with Gasteiger partial charge in [-0.15, -0.1) is 0 Å². The molecule has 1 aromatic carbocycles. The van der Waals surface area contributed by atoms with Crippen molar-refractivity contribution in [1.82, 2.24) is 0 Å². The van der Waals surface area contributed by atoms with Gasteiger partial charge in [0.05, 0.1) is 6.26 Å². The molecule has 72 valence electrons. The van der Waals surface area contributed by atoms with Gasteiger partial charge < -0.3 is 9.21 Å². The molecule has 1 atom stereocenters. The lowest BCUT2D eigenvalue weighted by Gasteiger charge is -2.07. The van der Waals surface area contributed by atoms with Crippen LogP contribution < -0.4 is 0 Å². The summed E-state index contributed by atoms with van der Waals surface area (Å²) in [5.74, 6) is -0.0511. The van der Waals surface area contributed by atoms with Crippen LogP contribution in [0.3, 0.4) is 0 Å². The third-order valence-electron chi connectivity index (χ3n) is 2.51. The van der Waals surface area contributed by atoms with E-state index in [1.165, 1.54) is 0 Å². The van der Waals surface area contributed by atoms with E-state index in [9.17, 15) is 4.79 Å². The first-order chi connectivity index (χ1) is 6.86. The Kier molecular flexibility index (Phi) is 2.35. The van der Waals surface area contributed by atoms with Gasteiger partial charge in [0.25, 0.3) is 0 Å². The largest absolute Gasteiger partial charge is 0.464 e. The zero-order valence-electron chi connectivity index (χ0n) is 8.07. The fourth-order valence-corrected chi connectivity index (χ4v) is 1.70. The Bertz CT molecular complexity index is 442. The first-order valence-electron chi connectivity index (χ1n) is 4.78. The van der Waals surface area contributed by atoms with Crippen molar-refractivity contribution in [2.75, 3.05) is 0 Å². The molecule has 2 nitrogen and oxygen atoms in total. The molecular formula is C12H12O2. The fourth-order valence-electron chi connectivity index (χ4n) is 1.70. The molecule has 0 bridgehead atoms. The first kappa shape index (κ1) is 9.00. The summed E-state index contributed by atoms with van der Waals surface area (Å²) >= 11 is 0. The van der Waals surface area contributed by atoms with Crippen molar-refractivity contribution in [3.63, 3.8) is 0 Å². The fraction of sp³-hybridized carbons (Fsp3) is 0.250. The molecule has 0 aliphatic rings. The van der Waals surface area contributed by atoms with E-state index in [-0.39, 0.29) is 5.92 Å². The second-order valence-corrected chi connectivity index (χ2v) is 3.34. The van der Waals surface area contributed by atoms with Gasteiger partial charge in [-0.25, -0.2) is 0 Å². The van der Waals surface area contributed by atoms with Gasteiger partial charge in [0.1, 0.15) is 11.9 Å². The number of fused-ring (bicyclic) bond motifs is 1. The molecule has 0 radical (unpaired) electrons. The SMILES string of the molecule is CCC(C=O)c1cccc2ccoc12. The van der Waals surface area contributed by atoms with E-state index in [0.29, 0.717) is 0 Å². The average Bonchev–Trinajstić information content (AvgIpc) is 2.68. The highest BCUT2D eigenvalue weighted by Gasteiger charge is 2.12. The minimum absolute atomic E-state index is 0.0511. The maximum absolute atomic E-state index is 10.9. The summed E-state index contributed by atoms with van der Waals surface area (Å²) in [6.07, 6.45) is 3.45. The van der Waals surface area contributed by atoms with Crippen molar-refractivity contribution < 1.29 is 9.21 Å². The van der Waals surface area contributed by atoms with Gasteiger partial charge in [0.15, 0.2) is 0 Å². The minimum atomic E-state index is -0.0511. The lowest BCUT2D eigenvalue weighted by molar-refractivity contribution is -0.109. The molecule has 2 aromatic rings. The smallest absolute Gasteiger partial charge is 0.137 e. The molecule has 1 unspecified atom stereocenters. The predicted octanol–water partition coefficient (Wildman–Crippen LogP) is 3.13. The van der Waals surface area contributed by atoms with Crippen LogP contribution in [0.1, 0.15) is 24.8 Å². The highest BCUT2D eigenvalue weighted by Crippen LogP contribution is 2.27. The highest BCUT2D eigenvalue weighted by molar-refractivity contribution is 5.83. The summed E-state index contributed by atoms with van der Waals surface area (Å²) in [6, 6.07) is 7.81. The summed E-state index contributed by atoms with van der Waals surface area (Å²) < 4.78 is 5.37. The number of para-hydroxylation sites is 1. The second-order valence-electron chi connectivity index (χ2n) is 3.34. The number of furan rings is 1. The van der Waals surface area contributed by atoms with E-state index in [2.05, 4.69) is 0 Å². The third kappa shape index (κ3) is 1.33. The molecule has 0 fully saturated rings. The second kappa shape index (κ2) is 3.66. The van der Waals surface area contributed by atoms with E-state index in [1.807, 2.05) is 31.2 Å².